The van der Waals surface area contributed by atoms with Crippen LogP contribution in [-0.4, -0.2) is 21.4 Å². The second kappa shape index (κ2) is 5.94. The van der Waals surface area contributed by atoms with E-state index in [0.29, 0.717) is 11.3 Å². The first-order valence-electron chi connectivity index (χ1n) is 5.99. The molecule has 2 aromatic rings. The molecule has 2 rings (SSSR count). The predicted octanol–water partition coefficient (Wildman–Crippen LogP) is 1.59. The van der Waals surface area contributed by atoms with Crippen molar-refractivity contribution in [3.63, 3.8) is 0 Å². The first kappa shape index (κ1) is 15.0. The normalized spacial score (nSPS) is 11.0. The van der Waals surface area contributed by atoms with Gasteiger partial charge in [0.25, 0.3) is 5.91 Å². The molecule has 0 radical (unpaired) electrons. The number of para-hydroxylation sites is 1. The average Bonchev–Trinajstić information content (AvgIpc) is 2.47. The van der Waals surface area contributed by atoms with E-state index >= 15 is 0 Å². The monoisotopic (exact) mass is 306 g/mol. The van der Waals surface area contributed by atoms with Gasteiger partial charge in [-0.2, -0.15) is 0 Å². The van der Waals surface area contributed by atoms with Crippen molar-refractivity contribution in [3.05, 3.63) is 54.1 Å². The molecule has 0 aliphatic heterocycles. The Bertz CT molecular complexity index is 755. The number of carbonyl (C=O) groups excluding carboxylic acids is 1. The third-order valence-electron chi connectivity index (χ3n) is 2.79. The molecule has 110 valence electrons. The zero-order chi connectivity index (χ0) is 15.5. The van der Waals surface area contributed by atoms with Crippen LogP contribution in [0, 0.1) is 0 Å². The minimum atomic E-state index is -3.91. The highest BCUT2D eigenvalue weighted by atomic mass is 32.2. The fourth-order valence-electron chi connectivity index (χ4n) is 1.75. The van der Waals surface area contributed by atoms with Gasteiger partial charge >= 0.3 is 0 Å². The number of benzene rings is 2. The molecule has 2 aromatic carbocycles. The van der Waals surface area contributed by atoms with E-state index in [4.69, 9.17) is 9.88 Å². The van der Waals surface area contributed by atoms with Crippen molar-refractivity contribution in [1.82, 2.24) is 0 Å². The lowest BCUT2D eigenvalue weighted by Crippen LogP contribution is -2.18. The van der Waals surface area contributed by atoms with Crippen LogP contribution in [0.15, 0.2) is 53.4 Å². The number of anilines is 1. The van der Waals surface area contributed by atoms with E-state index in [1.165, 1.54) is 25.3 Å². The molecule has 21 heavy (non-hydrogen) atoms. The van der Waals surface area contributed by atoms with Gasteiger partial charge in [-0.1, -0.05) is 12.1 Å². The molecule has 0 aromatic heterocycles. The van der Waals surface area contributed by atoms with Crippen molar-refractivity contribution in [2.45, 2.75) is 4.90 Å². The molecule has 3 N–H and O–H groups in total. The Morgan fingerprint density at radius 2 is 1.71 bits per heavy atom. The number of ether oxygens (including phenoxy) is 1. The van der Waals surface area contributed by atoms with E-state index in [-0.39, 0.29) is 10.6 Å². The lowest BCUT2D eigenvalue weighted by molar-refractivity contribution is 0.102. The third kappa shape index (κ3) is 3.59. The maximum atomic E-state index is 12.1. The minimum Gasteiger partial charge on any atom is -0.497 e. The standard InChI is InChI=1S/C14H14N2O4S/c1-20-11-8-6-10(7-9-11)14(17)16-12-4-2-3-5-13(12)21(15,18)19/h2-9H,1H3,(H,16,17)(H2,15,18,19). The van der Waals surface area contributed by atoms with Crippen LogP contribution in [0.25, 0.3) is 0 Å². The lowest BCUT2D eigenvalue weighted by atomic mass is 10.2. The fraction of sp³-hybridized carbons (Fsp3) is 0.0714. The molecule has 0 saturated heterocycles. The maximum absolute atomic E-state index is 12.1. The van der Waals surface area contributed by atoms with E-state index in [9.17, 15) is 13.2 Å². The predicted molar refractivity (Wildman–Crippen MR) is 78.8 cm³/mol. The highest BCUT2D eigenvalue weighted by molar-refractivity contribution is 7.89. The van der Waals surface area contributed by atoms with Crippen molar-refractivity contribution in [2.75, 3.05) is 12.4 Å². The summed E-state index contributed by atoms with van der Waals surface area (Å²) < 4.78 is 27.9. The van der Waals surface area contributed by atoms with Gasteiger partial charge in [-0.25, -0.2) is 13.6 Å². The summed E-state index contributed by atoms with van der Waals surface area (Å²) in [6.45, 7) is 0. The van der Waals surface area contributed by atoms with Gasteiger partial charge in [0.1, 0.15) is 10.6 Å². The highest BCUT2D eigenvalue weighted by Gasteiger charge is 2.15. The van der Waals surface area contributed by atoms with Gasteiger partial charge in [0.15, 0.2) is 0 Å². The van der Waals surface area contributed by atoms with Gasteiger partial charge in [-0.3, -0.25) is 4.79 Å². The van der Waals surface area contributed by atoms with Crippen LogP contribution in [-0.2, 0) is 10.0 Å². The number of rotatable bonds is 4. The van der Waals surface area contributed by atoms with Crippen molar-refractivity contribution < 1.29 is 17.9 Å². The Kier molecular flexibility index (Phi) is 4.25. The number of primary sulfonamides is 1. The summed E-state index contributed by atoms with van der Waals surface area (Å²) in [6, 6.07) is 12.4. The topological polar surface area (TPSA) is 98.5 Å². The molecule has 0 heterocycles. The number of methoxy groups -OCH3 is 1. The molecular formula is C14H14N2O4S. The van der Waals surface area contributed by atoms with Gasteiger partial charge in [-0.15, -0.1) is 0 Å². The molecule has 7 heteroatoms. The average molecular weight is 306 g/mol. The smallest absolute Gasteiger partial charge is 0.255 e. The number of nitrogens with one attached hydrogen (secondary N) is 1. The highest BCUT2D eigenvalue weighted by Crippen LogP contribution is 2.20. The quantitative estimate of drug-likeness (QED) is 0.896. The van der Waals surface area contributed by atoms with E-state index in [1.807, 2.05) is 0 Å². The van der Waals surface area contributed by atoms with Crippen LogP contribution in [0.5, 0.6) is 5.75 Å². The Labute approximate surface area is 122 Å². The van der Waals surface area contributed by atoms with Gasteiger partial charge in [-0.05, 0) is 36.4 Å². The van der Waals surface area contributed by atoms with Gasteiger partial charge in [0, 0.05) is 5.56 Å². The molecule has 0 unspecified atom stereocenters. The van der Waals surface area contributed by atoms with Gasteiger partial charge < -0.3 is 10.1 Å². The number of nitrogens with two attached hydrogens (primary N) is 1. The Morgan fingerprint density at radius 3 is 2.29 bits per heavy atom. The summed E-state index contributed by atoms with van der Waals surface area (Å²) in [7, 11) is -2.38. The van der Waals surface area contributed by atoms with Crippen LogP contribution >= 0.6 is 0 Å². The van der Waals surface area contributed by atoms with Crippen LogP contribution in [0.1, 0.15) is 10.4 Å². The summed E-state index contributed by atoms with van der Waals surface area (Å²) >= 11 is 0. The van der Waals surface area contributed by atoms with E-state index in [2.05, 4.69) is 5.32 Å². The largest absolute Gasteiger partial charge is 0.497 e. The molecule has 0 bridgehead atoms. The summed E-state index contributed by atoms with van der Waals surface area (Å²) in [5.41, 5.74) is 0.515. The lowest BCUT2D eigenvalue weighted by Gasteiger charge is -2.09. The summed E-state index contributed by atoms with van der Waals surface area (Å²) in [5, 5.41) is 7.65. The van der Waals surface area contributed by atoms with Crippen LogP contribution in [0.2, 0.25) is 0 Å². The minimum absolute atomic E-state index is 0.133. The first-order chi connectivity index (χ1) is 9.91. The zero-order valence-electron chi connectivity index (χ0n) is 11.2. The van der Waals surface area contributed by atoms with Crippen molar-refractivity contribution in [3.8, 4) is 5.75 Å². The third-order valence-corrected chi connectivity index (χ3v) is 3.76. The molecule has 0 aliphatic carbocycles. The maximum Gasteiger partial charge on any atom is 0.255 e. The van der Waals surface area contributed by atoms with E-state index in [1.54, 1.807) is 30.3 Å². The van der Waals surface area contributed by atoms with Crippen LogP contribution in [0.4, 0.5) is 5.69 Å². The summed E-state index contributed by atoms with van der Waals surface area (Å²) in [6.07, 6.45) is 0. The van der Waals surface area contributed by atoms with E-state index in [0.717, 1.165) is 0 Å². The number of amides is 1. The Hall–Kier alpha value is -2.38. The molecule has 0 atom stereocenters. The Balaban J connectivity index is 2.27. The van der Waals surface area contributed by atoms with Gasteiger partial charge in [0.2, 0.25) is 10.0 Å². The molecule has 6 nitrogen and oxygen atoms in total. The molecular weight excluding hydrogens is 292 g/mol. The SMILES string of the molecule is COc1ccc(C(=O)Nc2ccccc2S(N)(=O)=O)cc1. The number of sulfonamides is 1. The van der Waals surface area contributed by atoms with Crippen molar-refractivity contribution in [1.29, 1.82) is 0 Å². The number of carbonyl (C=O) groups is 1. The molecule has 0 aliphatic rings. The molecule has 0 saturated carbocycles. The van der Waals surface area contributed by atoms with Crippen molar-refractivity contribution >= 4 is 21.6 Å². The second-order valence-corrected chi connectivity index (χ2v) is 5.75. The summed E-state index contributed by atoms with van der Waals surface area (Å²) in [4.78, 5) is 12.0. The molecule has 0 fully saturated rings. The molecule has 0 spiro atoms. The van der Waals surface area contributed by atoms with Gasteiger partial charge in [0.05, 0.1) is 12.8 Å². The van der Waals surface area contributed by atoms with Crippen molar-refractivity contribution in [2.24, 2.45) is 5.14 Å². The fourth-order valence-corrected chi connectivity index (χ4v) is 2.45. The first-order valence-corrected chi connectivity index (χ1v) is 7.53. The number of hydrogen-bond donors (Lipinski definition) is 2. The molecule has 1 amide bonds. The van der Waals surface area contributed by atoms with Crippen LogP contribution < -0.4 is 15.2 Å². The van der Waals surface area contributed by atoms with Crippen LogP contribution in [0.3, 0.4) is 0 Å². The summed E-state index contributed by atoms with van der Waals surface area (Å²) in [5.74, 6) is 0.185. The van der Waals surface area contributed by atoms with E-state index < -0.39 is 15.9 Å². The second-order valence-electron chi connectivity index (χ2n) is 4.22. The Morgan fingerprint density at radius 1 is 1.10 bits per heavy atom. The number of hydrogen-bond acceptors (Lipinski definition) is 4. The zero-order valence-corrected chi connectivity index (χ0v) is 12.1.